The van der Waals surface area contributed by atoms with Gasteiger partial charge in [-0.05, 0) is 41.5 Å². The summed E-state index contributed by atoms with van der Waals surface area (Å²) < 4.78 is 10.9. The Bertz CT molecular complexity index is 1100. The van der Waals surface area contributed by atoms with Gasteiger partial charge in [0.05, 0.1) is 6.54 Å². The van der Waals surface area contributed by atoms with Crippen molar-refractivity contribution in [1.82, 2.24) is 10.2 Å². The van der Waals surface area contributed by atoms with Gasteiger partial charge < -0.3 is 24.8 Å². The Morgan fingerprint density at radius 2 is 1.65 bits per heavy atom. The molecule has 1 aliphatic heterocycles. The first kappa shape index (κ1) is 22.4. The first-order valence-corrected chi connectivity index (χ1v) is 11.6. The van der Waals surface area contributed by atoms with Crippen molar-refractivity contribution in [3.8, 4) is 11.1 Å². The summed E-state index contributed by atoms with van der Waals surface area (Å²) in [5, 5.41) is 12.4. The average molecular weight is 465 g/mol. The highest BCUT2D eigenvalue weighted by atomic mass is 16.5. The molecular weight excluding hydrogens is 436 g/mol. The summed E-state index contributed by atoms with van der Waals surface area (Å²) in [5.41, 5.74) is 2.08. The molecule has 2 aliphatic carbocycles. The minimum Gasteiger partial charge on any atom is -0.479 e. The number of methoxy groups -OCH3 is 1. The third-order valence-corrected chi connectivity index (χ3v) is 7.60. The molecule has 2 amide bonds. The number of fused-ring (bicyclic) bond motifs is 3. The van der Waals surface area contributed by atoms with Crippen LogP contribution in [-0.4, -0.2) is 65.9 Å². The van der Waals surface area contributed by atoms with Gasteiger partial charge in [0.15, 0.2) is 5.60 Å². The smallest absolute Gasteiger partial charge is 0.408 e. The number of likely N-dealkylation sites (tertiary alicyclic amines) is 1. The van der Waals surface area contributed by atoms with E-state index in [1.807, 2.05) is 24.3 Å². The Hall–Kier alpha value is -3.39. The van der Waals surface area contributed by atoms with Gasteiger partial charge in [0, 0.05) is 26.0 Å². The van der Waals surface area contributed by atoms with Crippen LogP contribution in [0.25, 0.3) is 11.1 Å². The molecule has 0 spiro atoms. The molecule has 178 valence electrons. The van der Waals surface area contributed by atoms with Crippen molar-refractivity contribution in [2.75, 3.05) is 26.8 Å². The summed E-state index contributed by atoms with van der Waals surface area (Å²) in [6, 6.07) is 16.2. The Kier molecular flexibility index (Phi) is 5.56. The van der Waals surface area contributed by atoms with E-state index in [9.17, 15) is 19.5 Å². The fourth-order valence-electron chi connectivity index (χ4n) is 5.44. The van der Waals surface area contributed by atoms with Crippen LogP contribution in [0.5, 0.6) is 0 Å². The molecule has 34 heavy (non-hydrogen) atoms. The van der Waals surface area contributed by atoms with Crippen molar-refractivity contribution < 1.29 is 29.0 Å². The SMILES string of the molecule is COC1(C(=O)O)CCN(C(=O)C2(NC(=O)OCC3c4ccccc4-c4ccccc43)CCC2)C1. The van der Waals surface area contributed by atoms with E-state index in [0.29, 0.717) is 12.8 Å². The summed E-state index contributed by atoms with van der Waals surface area (Å²) in [7, 11) is 1.34. The van der Waals surface area contributed by atoms with Crippen molar-refractivity contribution in [3.05, 3.63) is 59.7 Å². The Morgan fingerprint density at radius 3 is 2.15 bits per heavy atom. The Morgan fingerprint density at radius 1 is 1.03 bits per heavy atom. The van der Waals surface area contributed by atoms with E-state index in [2.05, 4.69) is 29.6 Å². The van der Waals surface area contributed by atoms with Gasteiger partial charge >= 0.3 is 12.1 Å². The topological polar surface area (TPSA) is 105 Å². The van der Waals surface area contributed by atoms with E-state index in [0.717, 1.165) is 28.7 Å². The van der Waals surface area contributed by atoms with Crippen LogP contribution in [0.1, 0.15) is 42.7 Å². The number of ether oxygens (including phenoxy) is 2. The van der Waals surface area contributed by atoms with E-state index in [-0.39, 0.29) is 37.9 Å². The molecule has 0 radical (unpaired) electrons. The van der Waals surface area contributed by atoms with Crippen LogP contribution >= 0.6 is 0 Å². The number of nitrogens with zero attached hydrogens (tertiary/aromatic N) is 1. The van der Waals surface area contributed by atoms with Crippen molar-refractivity contribution in [2.45, 2.75) is 42.7 Å². The number of carbonyl (C=O) groups excluding carboxylic acids is 2. The molecule has 1 saturated heterocycles. The monoisotopic (exact) mass is 464 g/mol. The first-order chi connectivity index (χ1) is 16.4. The molecule has 2 aromatic rings. The first-order valence-electron chi connectivity index (χ1n) is 11.6. The van der Waals surface area contributed by atoms with Crippen molar-refractivity contribution in [1.29, 1.82) is 0 Å². The molecule has 1 heterocycles. The lowest BCUT2D eigenvalue weighted by Crippen LogP contribution is -2.63. The van der Waals surface area contributed by atoms with E-state index in [1.54, 1.807) is 0 Å². The number of hydrogen-bond acceptors (Lipinski definition) is 5. The van der Waals surface area contributed by atoms with E-state index in [4.69, 9.17) is 9.47 Å². The summed E-state index contributed by atoms with van der Waals surface area (Å²) in [6.45, 7) is 0.401. The number of benzene rings is 2. The predicted molar refractivity (Wildman–Crippen MR) is 123 cm³/mol. The van der Waals surface area contributed by atoms with Gasteiger partial charge in [-0.15, -0.1) is 0 Å². The lowest BCUT2D eigenvalue weighted by atomic mass is 9.75. The molecule has 3 aliphatic rings. The fraction of sp³-hybridized carbons (Fsp3) is 0.423. The van der Waals surface area contributed by atoms with Crippen LogP contribution in [0.3, 0.4) is 0 Å². The van der Waals surface area contributed by atoms with Crippen LogP contribution in [-0.2, 0) is 19.1 Å². The van der Waals surface area contributed by atoms with Crippen LogP contribution < -0.4 is 5.32 Å². The number of carboxylic acid groups (broad SMARTS) is 1. The number of hydrogen-bond donors (Lipinski definition) is 2. The molecular formula is C26H28N2O6. The number of aliphatic carboxylic acids is 1. The Balaban J connectivity index is 1.26. The maximum atomic E-state index is 13.3. The van der Waals surface area contributed by atoms with E-state index in [1.165, 1.54) is 12.0 Å². The molecule has 2 fully saturated rings. The third-order valence-electron chi connectivity index (χ3n) is 7.60. The largest absolute Gasteiger partial charge is 0.479 e. The Labute approximate surface area is 197 Å². The molecule has 8 nitrogen and oxygen atoms in total. The summed E-state index contributed by atoms with van der Waals surface area (Å²) in [5.74, 6) is -1.42. The van der Waals surface area contributed by atoms with E-state index >= 15 is 0 Å². The van der Waals surface area contributed by atoms with Gasteiger partial charge in [0.25, 0.3) is 0 Å². The highest BCUT2D eigenvalue weighted by Gasteiger charge is 2.53. The van der Waals surface area contributed by atoms with Gasteiger partial charge in [-0.25, -0.2) is 9.59 Å². The van der Waals surface area contributed by atoms with Crippen molar-refractivity contribution in [2.24, 2.45) is 0 Å². The van der Waals surface area contributed by atoms with Gasteiger partial charge in [-0.3, -0.25) is 4.79 Å². The molecule has 1 saturated carbocycles. The summed E-state index contributed by atoms with van der Waals surface area (Å²) in [4.78, 5) is 39.3. The molecule has 2 aromatic carbocycles. The zero-order valence-corrected chi connectivity index (χ0v) is 19.1. The van der Waals surface area contributed by atoms with Gasteiger partial charge in [0.2, 0.25) is 5.91 Å². The van der Waals surface area contributed by atoms with Crippen LogP contribution in [0.15, 0.2) is 48.5 Å². The van der Waals surface area contributed by atoms with Gasteiger partial charge in [-0.2, -0.15) is 0 Å². The molecule has 2 N–H and O–H groups in total. The lowest BCUT2D eigenvalue weighted by molar-refractivity contribution is -0.161. The van der Waals surface area contributed by atoms with Crippen LogP contribution in [0.2, 0.25) is 0 Å². The summed E-state index contributed by atoms with van der Waals surface area (Å²) >= 11 is 0. The second-order valence-electron chi connectivity index (χ2n) is 9.37. The molecule has 0 aromatic heterocycles. The highest BCUT2D eigenvalue weighted by Crippen LogP contribution is 2.44. The second-order valence-corrected chi connectivity index (χ2v) is 9.37. The molecule has 1 atom stereocenters. The number of carboxylic acids is 1. The number of nitrogens with one attached hydrogen (secondary N) is 1. The fourth-order valence-corrected chi connectivity index (χ4v) is 5.44. The highest BCUT2D eigenvalue weighted by molar-refractivity contribution is 5.92. The molecule has 0 bridgehead atoms. The number of alkyl carbamates (subject to hydrolysis) is 1. The molecule has 8 heteroatoms. The lowest BCUT2D eigenvalue weighted by Gasteiger charge is -2.42. The third kappa shape index (κ3) is 3.53. The van der Waals surface area contributed by atoms with Crippen LogP contribution in [0.4, 0.5) is 4.79 Å². The average Bonchev–Trinajstić information content (AvgIpc) is 3.40. The maximum absolute atomic E-state index is 13.3. The zero-order chi connectivity index (χ0) is 23.9. The van der Waals surface area contributed by atoms with Crippen molar-refractivity contribution >= 4 is 18.0 Å². The minimum atomic E-state index is -1.40. The maximum Gasteiger partial charge on any atom is 0.408 e. The van der Waals surface area contributed by atoms with Crippen molar-refractivity contribution in [3.63, 3.8) is 0 Å². The standard InChI is InChI=1S/C26H28N2O6/c1-33-26(23(30)31)13-14-28(16-26)22(29)25(11-6-12-25)27-24(32)34-15-21-19-9-4-2-7-17(19)18-8-3-5-10-20(18)21/h2-5,7-10,21H,6,11-16H2,1H3,(H,27,32)(H,30,31). The normalized spacial score (nSPS) is 22.4. The quantitative estimate of drug-likeness (QED) is 0.681. The summed E-state index contributed by atoms with van der Waals surface area (Å²) in [6.07, 6.45) is 1.38. The van der Waals surface area contributed by atoms with E-state index < -0.39 is 23.2 Å². The minimum absolute atomic E-state index is 0.0359. The van der Waals surface area contributed by atoms with Crippen LogP contribution in [0, 0.1) is 0 Å². The molecule has 1 unspecified atom stereocenters. The predicted octanol–water partition coefficient (Wildman–Crippen LogP) is 3.15. The molecule has 5 rings (SSSR count). The second kappa shape index (κ2) is 8.43. The number of rotatable bonds is 6. The van der Waals surface area contributed by atoms with Gasteiger partial charge in [0.1, 0.15) is 12.1 Å². The number of carbonyl (C=O) groups is 3. The van der Waals surface area contributed by atoms with Gasteiger partial charge in [-0.1, -0.05) is 48.5 Å². The number of amides is 2. The zero-order valence-electron chi connectivity index (χ0n) is 19.1.